The molecule has 8 rings (SSSR count). The number of rotatable bonds is 57. The van der Waals surface area contributed by atoms with Crippen LogP contribution in [-0.2, 0) is 19.1 Å². The molecular weight excluding hydrogens is 1340 g/mol. The molecule has 0 spiro atoms. The first-order chi connectivity index (χ1) is 53.2. The highest BCUT2D eigenvalue weighted by Crippen LogP contribution is 2.36. The van der Waals surface area contributed by atoms with E-state index in [1.807, 2.05) is 121 Å². The van der Waals surface area contributed by atoms with Gasteiger partial charge in [0.05, 0.1) is 11.1 Å². The van der Waals surface area contributed by atoms with E-state index < -0.39 is 12.6 Å². The fourth-order valence-electron chi connectivity index (χ4n) is 13.5. The molecule has 0 aliphatic rings. The van der Waals surface area contributed by atoms with Gasteiger partial charge in [-0.15, -0.1) is 0 Å². The Morgan fingerprint density at radius 3 is 0.833 bits per heavy atom. The van der Waals surface area contributed by atoms with Crippen molar-refractivity contribution in [1.82, 2.24) is 29.9 Å². The van der Waals surface area contributed by atoms with Crippen molar-refractivity contribution in [1.29, 1.82) is 0 Å². The largest absolute Gasteiger partial charge is 0.507 e. The monoisotopic (exact) mass is 1460 g/mol. The molecule has 0 bridgehead atoms. The number of carbonyl (C=O) groups excluding carboxylic acids is 2. The Bertz CT molecular complexity index is 3450. The predicted octanol–water partition coefficient (Wildman–Crippen LogP) is 26.2. The van der Waals surface area contributed by atoms with E-state index in [1.54, 1.807) is 36.4 Å². The fourth-order valence-corrected chi connectivity index (χ4v) is 13.5. The summed E-state index contributed by atoms with van der Waals surface area (Å²) < 4.78 is 25.0. The van der Waals surface area contributed by atoms with Gasteiger partial charge in [0.2, 0.25) is 12.6 Å². The standard InChI is InChI=1S/C94H124N6O8/c1-3-5-7-9-11-13-15-17-19-21-25-29-33-37-53-65-85(103)107-87(105-79-69-71-81(83(101)73-79)93-97-89(75-57-45-41-46-58-75)95-90(98-93)76-59-47-42-48-60-76)67-55-39-35-31-27-23-24-28-32-36-40-56-68-88(108-86(104)66-54-38-34-30-26-22-20-18-16-14-12-10-8-6-4-2)106-80-70-72-82(84(102)74-80)94-99-91(77-61-49-43-50-62-77)96-92(100-94)78-63-51-44-52-64-78/h17-20,41-52,57-64,69-74,87-88,101-102H,3-16,21-40,53-56,65-68H2,1-2H3/b19-17-,20-18-. The van der Waals surface area contributed by atoms with Crippen molar-refractivity contribution in [3.8, 4) is 91.3 Å². The summed E-state index contributed by atoms with van der Waals surface area (Å²) in [5.41, 5.74) is 4.19. The minimum absolute atomic E-state index is 0.0547. The number of allylic oxidation sites excluding steroid dienone is 4. The van der Waals surface area contributed by atoms with Crippen LogP contribution in [0.2, 0.25) is 0 Å². The van der Waals surface area contributed by atoms with E-state index in [9.17, 15) is 19.8 Å². The number of benzene rings is 6. The molecule has 0 amide bonds. The van der Waals surface area contributed by atoms with Crippen LogP contribution in [0, 0.1) is 0 Å². The van der Waals surface area contributed by atoms with Gasteiger partial charge in [-0.05, 0) is 101 Å². The van der Waals surface area contributed by atoms with Crippen LogP contribution >= 0.6 is 0 Å². The topological polar surface area (TPSA) is 189 Å². The van der Waals surface area contributed by atoms with Crippen molar-refractivity contribution in [3.05, 3.63) is 182 Å². The number of nitrogens with zero attached hydrogens (tertiary/aromatic N) is 6. The van der Waals surface area contributed by atoms with Gasteiger partial charge in [-0.25, -0.2) is 29.9 Å². The van der Waals surface area contributed by atoms with Crippen LogP contribution in [0.3, 0.4) is 0 Å². The molecule has 0 radical (unpaired) electrons. The van der Waals surface area contributed by atoms with Crippen molar-refractivity contribution in [2.45, 2.75) is 296 Å². The van der Waals surface area contributed by atoms with Gasteiger partial charge in [-0.3, -0.25) is 9.59 Å². The third-order valence-electron chi connectivity index (χ3n) is 19.8. The molecule has 0 aliphatic carbocycles. The second kappa shape index (κ2) is 52.1. The zero-order valence-corrected chi connectivity index (χ0v) is 65.2. The van der Waals surface area contributed by atoms with E-state index in [0.29, 0.717) is 83.3 Å². The Morgan fingerprint density at radius 1 is 0.306 bits per heavy atom. The molecule has 14 heteroatoms. The number of aromatic nitrogens is 6. The number of ether oxygens (including phenoxy) is 4. The zero-order valence-electron chi connectivity index (χ0n) is 65.2. The summed E-state index contributed by atoms with van der Waals surface area (Å²) in [4.78, 5) is 55.8. The minimum atomic E-state index is -0.802. The second-order valence-corrected chi connectivity index (χ2v) is 29.0. The van der Waals surface area contributed by atoms with Gasteiger partial charge in [0.25, 0.3) is 0 Å². The van der Waals surface area contributed by atoms with E-state index >= 15 is 0 Å². The number of unbranched alkanes of at least 4 members (excludes halogenated alkanes) is 33. The van der Waals surface area contributed by atoms with Gasteiger partial charge < -0.3 is 29.2 Å². The summed E-state index contributed by atoms with van der Waals surface area (Å²) in [6.45, 7) is 4.53. The van der Waals surface area contributed by atoms with E-state index in [0.717, 1.165) is 151 Å². The Morgan fingerprint density at radius 2 is 0.556 bits per heavy atom. The van der Waals surface area contributed by atoms with E-state index in [1.165, 1.54) is 116 Å². The molecule has 2 N–H and O–H groups in total. The maximum atomic E-state index is 13.4. The highest BCUT2D eigenvalue weighted by Gasteiger charge is 2.22. The van der Waals surface area contributed by atoms with E-state index in [4.69, 9.17) is 48.9 Å². The average molecular weight is 1470 g/mol. The first kappa shape index (κ1) is 84.6. The van der Waals surface area contributed by atoms with Gasteiger partial charge in [-0.2, -0.15) is 0 Å². The number of hydrogen-bond acceptors (Lipinski definition) is 14. The average Bonchev–Trinajstić information content (AvgIpc) is 0.801. The lowest BCUT2D eigenvalue weighted by Crippen LogP contribution is -2.24. The molecule has 14 nitrogen and oxygen atoms in total. The minimum Gasteiger partial charge on any atom is -0.507 e. The Labute approximate surface area is 646 Å². The van der Waals surface area contributed by atoms with Crippen molar-refractivity contribution in [2.24, 2.45) is 0 Å². The molecule has 2 aromatic heterocycles. The normalized spacial score (nSPS) is 12.1. The molecule has 0 fully saturated rings. The molecule has 578 valence electrons. The van der Waals surface area contributed by atoms with Crippen molar-refractivity contribution in [2.75, 3.05) is 0 Å². The summed E-state index contributed by atoms with van der Waals surface area (Å²) in [6, 6.07) is 49.1. The predicted molar refractivity (Wildman–Crippen MR) is 440 cm³/mol. The summed E-state index contributed by atoms with van der Waals surface area (Å²) in [5, 5.41) is 23.2. The molecule has 8 aromatic rings. The second-order valence-electron chi connectivity index (χ2n) is 29.0. The molecule has 108 heavy (non-hydrogen) atoms. The lowest BCUT2D eigenvalue weighted by atomic mass is 10.0. The highest BCUT2D eigenvalue weighted by atomic mass is 16.7. The first-order valence-corrected chi connectivity index (χ1v) is 41.7. The fraction of sp³-hybridized carbons (Fsp3) is 0.489. The molecule has 6 aromatic carbocycles. The lowest BCUT2D eigenvalue weighted by molar-refractivity contribution is -0.166. The van der Waals surface area contributed by atoms with Crippen LogP contribution in [0.5, 0.6) is 23.0 Å². The third-order valence-corrected chi connectivity index (χ3v) is 19.8. The Balaban J connectivity index is 0.774. The number of phenols is 2. The molecule has 2 atom stereocenters. The zero-order chi connectivity index (χ0) is 75.5. The van der Waals surface area contributed by atoms with Crippen LogP contribution in [-0.4, -0.2) is 64.6 Å². The van der Waals surface area contributed by atoms with Crippen molar-refractivity contribution in [3.63, 3.8) is 0 Å². The van der Waals surface area contributed by atoms with Gasteiger partial charge in [0, 0.05) is 60.1 Å². The smallest absolute Gasteiger partial charge is 0.308 e. The summed E-state index contributed by atoms with van der Waals surface area (Å²) in [5.74, 6) is 2.78. The Kier molecular flexibility index (Phi) is 40.8. The van der Waals surface area contributed by atoms with E-state index in [-0.39, 0.29) is 23.4 Å². The summed E-state index contributed by atoms with van der Waals surface area (Å²) >= 11 is 0. The van der Waals surface area contributed by atoms with Crippen LogP contribution < -0.4 is 9.47 Å². The van der Waals surface area contributed by atoms with Crippen molar-refractivity contribution >= 4 is 11.9 Å². The van der Waals surface area contributed by atoms with Gasteiger partial charge in [-0.1, -0.05) is 326 Å². The third kappa shape index (κ3) is 33.2. The molecule has 0 saturated heterocycles. The molecule has 0 aliphatic heterocycles. The summed E-state index contributed by atoms with van der Waals surface area (Å²) in [7, 11) is 0. The molecule has 2 unspecified atom stereocenters. The van der Waals surface area contributed by atoms with E-state index in [2.05, 4.69) is 38.2 Å². The number of carbonyl (C=O) groups is 2. The van der Waals surface area contributed by atoms with Gasteiger partial charge in [0.15, 0.2) is 34.9 Å². The number of esters is 2. The maximum absolute atomic E-state index is 13.4. The molecule has 2 heterocycles. The quantitative estimate of drug-likeness (QED) is 0.0158. The maximum Gasteiger partial charge on any atom is 0.308 e. The SMILES string of the molecule is CCCCCCCC/C=C\CCCCCCCC(=O)OC(CCCCCCCCCCCCCCC(OC(=O)CCCCCCC/C=C\CCCCCCCC)Oc1ccc(-c2nc(-c3ccccc3)nc(-c3ccccc3)n2)c(O)c1)Oc1ccc(-c2nc(-c3ccccc3)nc(-c3ccccc3)n2)c(O)c1. The summed E-state index contributed by atoms with van der Waals surface area (Å²) in [6.07, 6.45) is 53.1. The van der Waals surface area contributed by atoms with Gasteiger partial charge in [0.1, 0.15) is 23.0 Å². The van der Waals surface area contributed by atoms with Crippen LogP contribution in [0.15, 0.2) is 182 Å². The number of aromatic hydroxyl groups is 2. The number of phenolic OH excluding ortho intramolecular Hbond substituents is 2. The first-order valence-electron chi connectivity index (χ1n) is 41.7. The van der Waals surface area contributed by atoms with Crippen LogP contribution in [0.4, 0.5) is 0 Å². The highest BCUT2D eigenvalue weighted by molar-refractivity contribution is 5.73. The molecule has 0 saturated carbocycles. The van der Waals surface area contributed by atoms with Crippen LogP contribution in [0.25, 0.3) is 68.3 Å². The Hall–Kier alpha value is -9.04. The van der Waals surface area contributed by atoms with Crippen LogP contribution in [0.1, 0.15) is 284 Å². The lowest BCUT2D eigenvalue weighted by Gasteiger charge is -2.20. The number of hydrogen-bond donors (Lipinski definition) is 2. The van der Waals surface area contributed by atoms with Gasteiger partial charge >= 0.3 is 11.9 Å². The van der Waals surface area contributed by atoms with Crippen molar-refractivity contribution < 1.29 is 38.7 Å². The molecular formula is C94H124N6O8.